The quantitative estimate of drug-likeness (QED) is 0.295. The number of rotatable bonds is 4. The first kappa shape index (κ1) is 20.6. The molecular weight excluding hydrogens is 449 g/mol. The highest BCUT2D eigenvalue weighted by Crippen LogP contribution is 2.35. The van der Waals surface area contributed by atoms with Crippen LogP contribution in [0.15, 0.2) is 78.0 Å². The van der Waals surface area contributed by atoms with Crippen molar-refractivity contribution in [1.82, 2.24) is 9.97 Å². The van der Waals surface area contributed by atoms with Crippen LogP contribution in [0.1, 0.15) is 6.42 Å². The molecule has 1 fully saturated rings. The lowest BCUT2D eigenvalue weighted by atomic mass is 10.1. The second-order valence-electron chi connectivity index (χ2n) is 7.24. The van der Waals surface area contributed by atoms with E-state index >= 15 is 0 Å². The lowest BCUT2D eigenvalue weighted by Crippen LogP contribution is -2.31. The van der Waals surface area contributed by atoms with Gasteiger partial charge in [0, 0.05) is 22.4 Å². The Morgan fingerprint density at radius 1 is 0.969 bits per heavy atom. The Hall–Kier alpha value is -3.29. The molecule has 0 N–H and O–H groups in total. The standard InChI is InChI=1S/C24H15ClFN3O2S/c25-15-6-11-19-18(12-15)22(14-4-2-1-3-5-14)28-24(27-19)32-20-13-21(30)29(23(20)31)17-9-7-16(26)8-10-17/h1-12,20H,13H2/t20-/m0/s1. The smallest absolute Gasteiger partial charge is 0.247 e. The molecule has 3 aromatic carbocycles. The Bertz CT molecular complexity index is 1350. The molecule has 158 valence electrons. The van der Waals surface area contributed by atoms with E-state index in [1.54, 1.807) is 6.07 Å². The van der Waals surface area contributed by atoms with Crippen LogP contribution in [0, 0.1) is 5.82 Å². The van der Waals surface area contributed by atoms with E-state index in [1.165, 1.54) is 24.3 Å². The highest BCUT2D eigenvalue weighted by Gasteiger charge is 2.40. The third-order valence-corrected chi connectivity index (χ3v) is 6.40. The maximum atomic E-state index is 13.2. The first-order valence-corrected chi connectivity index (χ1v) is 11.1. The van der Waals surface area contributed by atoms with E-state index < -0.39 is 11.1 Å². The number of thioether (sulfide) groups is 1. The van der Waals surface area contributed by atoms with Gasteiger partial charge in [-0.05, 0) is 42.5 Å². The van der Waals surface area contributed by atoms with Crippen LogP contribution in [-0.2, 0) is 9.59 Å². The van der Waals surface area contributed by atoms with Crippen molar-refractivity contribution in [2.45, 2.75) is 16.8 Å². The molecule has 2 amide bonds. The number of anilines is 1. The van der Waals surface area contributed by atoms with Crippen molar-refractivity contribution < 1.29 is 14.0 Å². The van der Waals surface area contributed by atoms with Crippen molar-refractivity contribution in [2.24, 2.45) is 0 Å². The Labute approximate surface area is 192 Å². The highest BCUT2D eigenvalue weighted by molar-refractivity contribution is 8.00. The average molecular weight is 464 g/mol. The van der Waals surface area contributed by atoms with Crippen molar-refractivity contribution in [3.63, 3.8) is 0 Å². The summed E-state index contributed by atoms with van der Waals surface area (Å²) in [5.41, 5.74) is 2.64. The van der Waals surface area contributed by atoms with Gasteiger partial charge in [0.1, 0.15) is 11.1 Å². The van der Waals surface area contributed by atoms with E-state index in [0.29, 0.717) is 27.1 Å². The molecular formula is C24H15ClFN3O2S. The summed E-state index contributed by atoms with van der Waals surface area (Å²) in [4.78, 5) is 35.9. The van der Waals surface area contributed by atoms with Crippen LogP contribution in [0.2, 0.25) is 5.02 Å². The van der Waals surface area contributed by atoms with Crippen molar-refractivity contribution in [3.8, 4) is 11.3 Å². The van der Waals surface area contributed by atoms with Crippen LogP contribution >= 0.6 is 23.4 Å². The minimum atomic E-state index is -0.666. The van der Waals surface area contributed by atoms with Gasteiger partial charge in [0.25, 0.3) is 0 Å². The minimum Gasteiger partial charge on any atom is -0.274 e. The van der Waals surface area contributed by atoms with Gasteiger partial charge < -0.3 is 0 Å². The van der Waals surface area contributed by atoms with Gasteiger partial charge in [-0.2, -0.15) is 0 Å². The fourth-order valence-corrected chi connectivity index (χ4v) is 4.79. The Kier molecular flexibility index (Phi) is 5.36. The number of carbonyl (C=O) groups is 2. The number of aromatic nitrogens is 2. The van der Waals surface area contributed by atoms with Gasteiger partial charge in [0.15, 0.2) is 5.16 Å². The molecule has 1 aliphatic heterocycles. The summed E-state index contributed by atoms with van der Waals surface area (Å²) in [5.74, 6) is -1.14. The van der Waals surface area contributed by atoms with E-state index in [0.717, 1.165) is 27.6 Å². The first-order chi connectivity index (χ1) is 15.5. The Morgan fingerprint density at radius 2 is 1.72 bits per heavy atom. The van der Waals surface area contributed by atoms with Crippen LogP contribution in [0.4, 0.5) is 10.1 Å². The molecule has 0 aliphatic carbocycles. The number of carbonyl (C=O) groups excluding carboxylic acids is 2. The summed E-state index contributed by atoms with van der Waals surface area (Å²) in [6.07, 6.45) is 0.0174. The number of amides is 2. The van der Waals surface area contributed by atoms with Gasteiger partial charge >= 0.3 is 0 Å². The van der Waals surface area contributed by atoms with Gasteiger partial charge in [-0.3, -0.25) is 9.59 Å². The number of hydrogen-bond acceptors (Lipinski definition) is 5. The van der Waals surface area contributed by atoms with Crippen LogP contribution in [-0.4, -0.2) is 27.0 Å². The summed E-state index contributed by atoms with van der Waals surface area (Å²) < 4.78 is 13.2. The van der Waals surface area contributed by atoms with Crippen LogP contribution < -0.4 is 4.90 Å². The number of nitrogens with zero attached hydrogens (tertiary/aromatic N) is 3. The maximum absolute atomic E-state index is 13.2. The lowest BCUT2D eigenvalue weighted by Gasteiger charge is -2.15. The zero-order chi connectivity index (χ0) is 22.2. The van der Waals surface area contributed by atoms with E-state index in [2.05, 4.69) is 4.98 Å². The summed E-state index contributed by atoms with van der Waals surface area (Å²) in [6.45, 7) is 0. The lowest BCUT2D eigenvalue weighted by molar-refractivity contribution is -0.121. The van der Waals surface area contributed by atoms with E-state index in [-0.39, 0.29) is 18.2 Å². The molecule has 0 spiro atoms. The van der Waals surface area contributed by atoms with Crippen LogP contribution in [0.3, 0.4) is 0 Å². The van der Waals surface area contributed by atoms with Gasteiger partial charge in [-0.1, -0.05) is 53.7 Å². The normalized spacial score (nSPS) is 16.2. The summed E-state index contributed by atoms with van der Waals surface area (Å²) in [5, 5.41) is 1.10. The molecule has 1 aromatic heterocycles. The molecule has 5 rings (SSSR count). The highest BCUT2D eigenvalue weighted by atomic mass is 35.5. The minimum absolute atomic E-state index is 0.0174. The number of benzene rings is 3. The molecule has 0 saturated carbocycles. The fourth-order valence-electron chi connectivity index (χ4n) is 3.63. The predicted octanol–water partition coefficient (Wildman–Crippen LogP) is 5.51. The molecule has 0 unspecified atom stereocenters. The topological polar surface area (TPSA) is 63.2 Å². The zero-order valence-corrected chi connectivity index (χ0v) is 18.1. The molecule has 32 heavy (non-hydrogen) atoms. The molecule has 5 nitrogen and oxygen atoms in total. The SMILES string of the molecule is O=C1C[C@H](Sc2nc(-c3ccccc3)c3cc(Cl)ccc3n2)C(=O)N1c1ccc(F)cc1. The largest absolute Gasteiger partial charge is 0.274 e. The number of fused-ring (bicyclic) bond motifs is 1. The maximum Gasteiger partial charge on any atom is 0.247 e. The monoisotopic (exact) mass is 463 g/mol. The first-order valence-electron chi connectivity index (χ1n) is 9.81. The average Bonchev–Trinajstić information content (AvgIpc) is 3.07. The fraction of sp³-hybridized carbons (Fsp3) is 0.0833. The van der Waals surface area contributed by atoms with E-state index in [4.69, 9.17) is 16.6 Å². The van der Waals surface area contributed by atoms with Gasteiger partial charge in [0.2, 0.25) is 11.8 Å². The molecule has 8 heteroatoms. The Balaban J connectivity index is 1.50. The second-order valence-corrected chi connectivity index (χ2v) is 8.84. The molecule has 2 heterocycles. The van der Waals surface area contributed by atoms with Crippen LogP contribution in [0.25, 0.3) is 22.2 Å². The van der Waals surface area contributed by atoms with Crippen molar-refractivity contribution in [1.29, 1.82) is 0 Å². The van der Waals surface area contributed by atoms with Gasteiger partial charge in [-0.25, -0.2) is 19.3 Å². The molecule has 0 radical (unpaired) electrons. The third-order valence-electron chi connectivity index (χ3n) is 5.12. The van der Waals surface area contributed by atoms with Gasteiger partial charge in [-0.15, -0.1) is 0 Å². The van der Waals surface area contributed by atoms with Crippen molar-refractivity contribution in [3.05, 3.63) is 83.6 Å². The summed E-state index contributed by atoms with van der Waals surface area (Å²) in [6, 6.07) is 20.3. The molecule has 1 saturated heterocycles. The van der Waals surface area contributed by atoms with E-state index in [9.17, 15) is 14.0 Å². The van der Waals surface area contributed by atoms with Gasteiger partial charge in [0.05, 0.1) is 16.9 Å². The number of halogens is 2. The van der Waals surface area contributed by atoms with Crippen LogP contribution in [0.5, 0.6) is 0 Å². The molecule has 4 aromatic rings. The number of imide groups is 1. The second kappa shape index (κ2) is 8.33. The van der Waals surface area contributed by atoms with Crippen molar-refractivity contribution >= 4 is 51.8 Å². The summed E-state index contributed by atoms with van der Waals surface area (Å²) >= 11 is 7.35. The van der Waals surface area contributed by atoms with Crippen molar-refractivity contribution in [2.75, 3.05) is 4.90 Å². The third kappa shape index (κ3) is 3.85. The predicted molar refractivity (Wildman–Crippen MR) is 123 cm³/mol. The van der Waals surface area contributed by atoms with E-state index in [1.807, 2.05) is 42.5 Å². The Morgan fingerprint density at radius 3 is 2.47 bits per heavy atom. The molecule has 0 bridgehead atoms. The number of hydrogen-bond donors (Lipinski definition) is 0. The molecule has 1 atom stereocenters. The molecule has 1 aliphatic rings. The zero-order valence-electron chi connectivity index (χ0n) is 16.5. The summed E-state index contributed by atoms with van der Waals surface area (Å²) in [7, 11) is 0.